The Morgan fingerprint density at radius 1 is 1.06 bits per heavy atom. The summed E-state index contributed by atoms with van der Waals surface area (Å²) >= 11 is 6.89. The van der Waals surface area contributed by atoms with Crippen LogP contribution >= 0.6 is 11.6 Å². The molecule has 47 heavy (non-hydrogen) atoms. The minimum atomic E-state index is -0.941. The van der Waals surface area contributed by atoms with E-state index in [0.29, 0.717) is 54.2 Å². The number of carbonyl (C=O) groups is 1. The van der Waals surface area contributed by atoms with Crippen molar-refractivity contribution < 1.29 is 23.0 Å². The number of alkyl halides is 1. The molecule has 3 fully saturated rings. The van der Waals surface area contributed by atoms with Crippen LogP contribution < -0.4 is 15.4 Å². The smallest absolute Gasteiger partial charge is 0.410 e. The predicted molar refractivity (Wildman–Crippen MR) is 178 cm³/mol. The summed E-state index contributed by atoms with van der Waals surface area (Å²) in [4.78, 5) is 32.8. The van der Waals surface area contributed by atoms with Crippen LogP contribution in [0.3, 0.4) is 0 Å². The number of carbonyl (C=O) groups excluding carboxylic acids is 1. The van der Waals surface area contributed by atoms with Gasteiger partial charge in [-0.05, 0) is 65.3 Å². The Balaban J connectivity index is 1.31. The van der Waals surface area contributed by atoms with Crippen LogP contribution in [0.5, 0.6) is 6.01 Å². The minimum Gasteiger partial charge on any atom is -0.462 e. The van der Waals surface area contributed by atoms with Gasteiger partial charge in [0.25, 0.3) is 0 Å². The van der Waals surface area contributed by atoms with E-state index in [1.54, 1.807) is 18.2 Å². The number of likely N-dealkylation sites (tertiary alicyclic amines) is 1. The molecule has 0 saturated carbocycles. The van der Waals surface area contributed by atoms with Crippen molar-refractivity contribution in [3.05, 3.63) is 47.2 Å². The summed E-state index contributed by atoms with van der Waals surface area (Å²) in [6, 6.07) is 10.2. The molecule has 4 atom stereocenters. The number of para-hydroxylation sites is 1. The van der Waals surface area contributed by atoms with Gasteiger partial charge in [0.05, 0.1) is 22.6 Å². The van der Waals surface area contributed by atoms with E-state index in [1.807, 2.05) is 55.8 Å². The first-order chi connectivity index (χ1) is 22.4. The molecule has 0 aliphatic carbocycles. The third kappa shape index (κ3) is 5.97. The summed E-state index contributed by atoms with van der Waals surface area (Å²) in [7, 11) is 1.85. The molecule has 0 radical (unpaired) electrons. The summed E-state index contributed by atoms with van der Waals surface area (Å²) < 4.78 is 42.8. The average Bonchev–Trinajstić information content (AvgIpc) is 3.47. The molecule has 13 heteroatoms. The number of nitrogens with two attached hydrogens (primary N) is 1. The first kappa shape index (κ1) is 31.6. The molecule has 2 aromatic carbocycles. The number of hydrogen-bond donors (Lipinski definition) is 1. The zero-order chi connectivity index (χ0) is 33.2. The number of benzene rings is 2. The second-order valence-corrected chi connectivity index (χ2v) is 14.2. The molecule has 3 aliphatic rings. The minimum absolute atomic E-state index is 0.0161. The number of fused-ring (bicyclic) bond motifs is 4. The highest BCUT2D eigenvalue weighted by atomic mass is 35.5. The Morgan fingerprint density at radius 3 is 2.49 bits per heavy atom. The molecular formula is C34H38ClF2N7O3. The van der Waals surface area contributed by atoms with Gasteiger partial charge in [-0.2, -0.15) is 9.97 Å². The van der Waals surface area contributed by atoms with Gasteiger partial charge in [0.2, 0.25) is 0 Å². The largest absolute Gasteiger partial charge is 0.462 e. The third-order valence-corrected chi connectivity index (χ3v) is 9.58. The highest BCUT2D eigenvalue weighted by Gasteiger charge is 2.45. The fraction of sp³-hybridized carbons (Fsp3) is 0.471. The van der Waals surface area contributed by atoms with E-state index >= 15 is 4.39 Å². The molecule has 248 valence electrons. The molecular weight excluding hydrogens is 628 g/mol. The number of amides is 1. The molecule has 3 saturated heterocycles. The lowest BCUT2D eigenvalue weighted by Gasteiger charge is -2.42. The number of halogens is 3. The lowest BCUT2D eigenvalue weighted by atomic mass is 9.99. The van der Waals surface area contributed by atoms with Crippen molar-refractivity contribution in [1.29, 1.82) is 0 Å². The van der Waals surface area contributed by atoms with Gasteiger partial charge in [0, 0.05) is 47.6 Å². The number of likely N-dealkylation sites (N-methyl/N-ethyl adjacent to an activating group) is 1. The van der Waals surface area contributed by atoms with Crippen molar-refractivity contribution in [3.8, 4) is 17.1 Å². The van der Waals surface area contributed by atoms with Crippen molar-refractivity contribution in [2.24, 2.45) is 0 Å². The van der Waals surface area contributed by atoms with Gasteiger partial charge >= 0.3 is 12.1 Å². The van der Waals surface area contributed by atoms with Gasteiger partial charge in [-0.15, -0.1) is 0 Å². The molecule has 1 amide bonds. The molecule has 2 unspecified atom stereocenters. The van der Waals surface area contributed by atoms with Crippen LogP contribution in [0.2, 0.25) is 5.02 Å². The Hall–Kier alpha value is -4.03. The normalized spacial score (nSPS) is 23.2. The number of rotatable bonds is 5. The lowest BCUT2D eigenvalue weighted by Crippen LogP contribution is -2.57. The molecule has 2 aromatic heterocycles. The Morgan fingerprint density at radius 2 is 1.81 bits per heavy atom. The number of nitrogens with zero attached hydrogens (tertiary/aromatic N) is 6. The Kier molecular flexibility index (Phi) is 7.99. The number of ether oxygens (including phenoxy) is 2. The highest BCUT2D eigenvalue weighted by Crippen LogP contribution is 2.42. The second-order valence-electron chi connectivity index (χ2n) is 13.8. The van der Waals surface area contributed by atoms with Crippen LogP contribution in [0, 0.1) is 5.82 Å². The standard InChI is InChI=1S/C34H38ClF2N7O3/c1-34(2,3)47-33(45)44-20-9-10-21(44)16-43(15-20)31-24-13-25(35)27(23-7-5-6-18-8-11-26(38)39-29(18)23)28(37)30(24)40-32(41-31)46-17-22-12-19(36)14-42(22)4/h5-8,11,13,19-22H,9-10,12,14-17H2,1-4H3,(H2,38,39)/t19-,20?,21?,22+/m1/s1. The van der Waals surface area contributed by atoms with Crippen LogP contribution in [-0.4, -0.2) is 94.0 Å². The van der Waals surface area contributed by atoms with Crippen LogP contribution in [0.25, 0.3) is 32.9 Å². The lowest BCUT2D eigenvalue weighted by molar-refractivity contribution is 0.0122. The second kappa shape index (κ2) is 11.9. The third-order valence-electron chi connectivity index (χ3n) is 9.28. The van der Waals surface area contributed by atoms with Crippen molar-refractivity contribution in [2.45, 2.75) is 69.9 Å². The van der Waals surface area contributed by atoms with Gasteiger partial charge in [-0.3, -0.25) is 9.80 Å². The van der Waals surface area contributed by atoms with Crippen LogP contribution in [0.15, 0.2) is 36.4 Å². The zero-order valence-corrected chi connectivity index (χ0v) is 27.6. The first-order valence-corrected chi connectivity index (χ1v) is 16.3. The number of aromatic nitrogens is 3. The topological polar surface area (TPSA) is 110 Å². The molecule has 4 aromatic rings. The summed E-state index contributed by atoms with van der Waals surface area (Å²) in [5, 5.41) is 1.37. The SMILES string of the molecule is CN1C[C@H](F)C[C@H]1COc1nc(N2CC3CCC(C2)N3C(=O)OC(C)(C)C)c2cc(Cl)c(-c3cccc4ccc(N)nc34)c(F)c2n1. The van der Waals surface area contributed by atoms with E-state index in [2.05, 4.69) is 14.9 Å². The summed E-state index contributed by atoms with van der Waals surface area (Å²) in [5.41, 5.74) is 6.57. The van der Waals surface area contributed by atoms with Gasteiger partial charge in [-0.1, -0.05) is 29.8 Å². The quantitative estimate of drug-likeness (QED) is 0.265. The van der Waals surface area contributed by atoms with Crippen molar-refractivity contribution >= 4 is 51.1 Å². The van der Waals surface area contributed by atoms with Crippen LogP contribution in [-0.2, 0) is 4.74 Å². The van der Waals surface area contributed by atoms with Crippen molar-refractivity contribution in [1.82, 2.24) is 24.8 Å². The van der Waals surface area contributed by atoms with Crippen LogP contribution in [0.4, 0.5) is 25.2 Å². The van der Waals surface area contributed by atoms with Crippen LogP contribution in [0.1, 0.15) is 40.0 Å². The van der Waals surface area contributed by atoms with Gasteiger partial charge in [0.15, 0.2) is 5.82 Å². The number of pyridine rings is 1. The number of anilines is 2. The molecule has 2 N–H and O–H groups in total. The van der Waals surface area contributed by atoms with E-state index in [-0.39, 0.29) is 52.9 Å². The van der Waals surface area contributed by atoms with Crippen molar-refractivity contribution in [2.75, 3.05) is 43.9 Å². The number of piperazine rings is 1. The van der Waals surface area contributed by atoms with E-state index in [1.165, 1.54) is 0 Å². The average molecular weight is 666 g/mol. The number of hydrogen-bond acceptors (Lipinski definition) is 9. The molecule has 10 nitrogen and oxygen atoms in total. The zero-order valence-electron chi connectivity index (χ0n) is 26.8. The highest BCUT2D eigenvalue weighted by molar-refractivity contribution is 6.35. The summed E-state index contributed by atoms with van der Waals surface area (Å²) in [5.74, 6) is 0.117. The maximum absolute atomic E-state index is 16.9. The van der Waals surface area contributed by atoms with Gasteiger partial charge in [-0.25, -0.2) is 18.6 Å². The molecule has 0 spiro atoms. The van der Waals surface area contributed by atoms with Crippen molar-refractivity contribution in [3.63, 3.8) is 0 Å². The Bertz CT molecular complexity index is 1860. The predicted octanol–water partition coefficient (Wildman–Crippen LogP) is 6.23. The Labute approximate surface area is 276 Å². The van der Waals surface area contributed by atoms with E-state index in [0.717, 1.165) is 18.2 Å². The van der Waals surface area contributed by atoms with E-state index < -0.39 is 17.6 Å². The van der Waals surface area contributed by atoms with Gasteiger partial charge in [0.1, 0.15) is 35.5 Å². The van der Waals surface area contributed by atoms with Gasteiger partial charge < -0.3 is 20.1 Å². The molecule has 2 bridgehead atoms. The number of nitrogen functional groups attached to an aromatic ring is 1. The molecule has 7 rings (SSSR count). The van der Waals surface area contributed by atoms with E-state index in [9.17, 15) is 9.18 Å². The molecule has 3 aliphatic heterocycles. The summed E-state index contributed by atoms with van der Waals surface area (Å²) in [6.45, 7) is 6.95. The fourth-order valence-corrected chi connectivity index (χ4v) is 7.44. The fourth-order valence-electron chi connectivity index (χ4n) is 7.14. The van der Waals surface area contributed by atoms with E-state index in [4.69, 9.17) is 31.8 Å². The maximum Gasteiger partial charge on any atom is 0.410 e. The maximum atomic E-state index is 16.9. The monoisotopic (exact) mass is 665 g/mol. The molecule has 5 heterocycles. The summed E-state index contributed by atoms with van der Waals surface area (Å²) in [6.07, 6.45) is 0.668. The first-order valence-electron chi connectivity index (χ1n) is 15.9.